The summed E-state index contributed by atoms with van der Waals surface area (Å²) in [7, 11) is 0. The van der Waals surface area contributed by atoms with Crippen molar-refractivity contribution in [3.05, 3.63) is 84.6 Å². The lowest BCUT2D eigenvalue weighted by Gasteiger charge is -2.08. The van der Waals surface area contributed by atoms with E-state index in [-0.39, 0.29) is 5.91 Å². The molecular formula is C22H19N5O3. The Kier molecular flexibility index (Phi) is 5.38. The van der Waals surface area contributed by atoms with Gasteiger partial charge in [-0.1, -0.05) is 0 Å². The maximum atomic E-state index is 12.0. The molecule has 0 saturated carbocycles. The highest BCUT2D eigenvalue weighted by Gasteiger charge is 2.08. The predicted octanol–water partition coefficient (Wildman–Crippen LogP) is 4.32. The first-order valence-electron chi connectivity index (χ1n) is 9.22. The average Bonchev–Trinajstić information content (AvgIpc) is 3.39. The molecule has 3 heterocycles. The topological polar surface area (TPSA) is 95.1 Å². The van der Waals surface area contributed by atoms with Crippen LogP contribution in [0.25, 0.3) is 11.9 Å². The van der Waals surface area contributed by atoms with Gasteiger partial charge < -0.3 is 14.5 Å². The molecule has 8 nitrogen and oxygen atoms in total. The molecule has 0 saturated heterocycles. The Bertz CT molecular complexity index is 1180. The van der Waals surface area contributed by atoms with Crippen LogP contribution < -0.4 is 10.1 Å². The summed E-state index contributed by atoms with van der Waals surface area (Å²) in [6.45, 7) is 3.92. The Morgan fingerprint density at radius 3 is 2.67 bits per heavy atom. The molecule has 1 aromatic carbocycles. The minimum absolute atomic E-state index is 0.258. The van der Waals surface area contributed by atoms with Crippen LogP contribution in [-0.2, 0) is 4.79 Å². The number of nitrogens with one attached hydrogen (secondary N) is 1. The zero-order valence-electron chi connectivity index (χ0n) is 16.4. The average molecular weight is 401 g/mol. The smallest absolute Gasteiger partial charge is 0.248 e. The third-order valence-electron chi connectivity index (χ3n) is 4.41. The molecule has 0 fully saturated rings. The van der Waals surface area contributed by atoms with Crippen molar-refractivity contribution in [3.8, 4) is 17.4 Å². The summed E-state index contributed by atoms with van der Waals surface area (Å²) in [5.41, 5.74) is 2.58. The first-order valence-corrected chi connectivity index (χ1v) is 9.22. The maximum absolute atomic E-state index is 12.0. The van der Waals surface area contributed by atoms with Crippen LogP contribution in [0.4, 0.5) is 5.69 Å². The van der Waals surface area contributed by atoms with Gasteiger partial charge in [0.25, 0.3) is 0 Å². The molecule has 4 aromatic rings. The van der Waals surface area contributed by atoms with Gasteiger partial charge in [0.1, 0.15) is 30.0 Å². The molecule has 4 rings (SSSR count). The quantitative estimate of drug-likeness (QED) is 0.484. The van der Waals surface area contributed by atoms with Gasteiger partial charge in [-0.15, -0.1) is 0 Å². The van der Waals surface area contributed by atoms with Crippen molar-refractivity contribution in [1.82, 2.24) is 19.5 Å². The Balaban J connectivity index is 1.41. The first-order chi connectivity index (χ1) is 14.6. The number of anilines is 1. The Hall–Kier alpha value is -4.20. The Labute approximate surface area is 172 Å². The van der Waals surface area contributed by atoms with Gasteiger partial charge in [-0.05, 0) is 56.3 Å². The van der Waals surface area contributed by atoms with Crippen LogP contribution in [0.3, 0.4) is 0 Å². The van der Waals surface area contributed by atoms with Gasteiger partial charge in [-0.2, -0.15) is 0 Å². The molecule has 0 unspecified atom stereocenters. The van der Waals surface area contributed by atoms with Crippen molar-refractivity contribution in [2.24, 2.45) is 0 Å². The fourth-order valence-electron chi connectivity index (χ4n) is 2.70. The van der Waals surface area contributed by atoms with Crippen molar-refractivity contribution >= 4 is 17.7 Å². The number of hydrogen-bond acceptors (Lipinski definition) is 6. The van der Waals surface area contributed by atoms with E-state index in [1.54, 1.807) is 61.1 Å². The lowest BCUT2D eigenvalue weighted by molar-refractivity contribution is -0.111. The summed E-state index contributed by atoms with van der Waals surface area (Å²) in [4.78, 5) is 24.7. The van der Waals surface area contributed by atoms with Gasteiger partial charge in [0, 0.05) is 23.5 Å². The summed E-state index contributed by atoms with van der Waals surface area (Å²) in [6.07, 6.45) is 7.72. The fraction of sp³-hybridized carbons (Fsp3) is 0.0909. The van der Waals surface area contributed by atoms with E-state index in [0.29, 0.717) is 28.9 Å². The molecular weight excluding hydrogens is 382 g/mol. The van der Waals surface area contributed by atoms with E-state index in [1.165, 1.54) is 12.4 Å². The number of carbonyl (C=O) groups excluding carboxylic acids is 1. The van der Waals surface area contributed by atoms with Crippen LogP contribution >= 0.6 is 0 Å². The lowest BCUT2D eigenvalue weighted by Crippen LogP contribution is -2.07. The summed E-state index contributed by atoms with van der Waals surface area (Å²) < 4.78 is 12.8. The fourth-order valence-corrected chi connectivity index (χ4v) is 2.70. The van der Waals surface area contributed by atoms with E-state index in [4.69, 9.17) is 9.15 Å². The zero-order chi connectivity index (χ0) is 20.9. The molecule has 1 amide bonds. The second-order valence-corrected chi connectivity index (χ2v) is 6.46. The highest BCUT2D eigenvalue weighted by atomic mass is 16.5. The maximum Gasteiger partial charge on any atom is 0.248 e. The standard InChI is InChI=1S/C22H19N5O3/c1-15-16(2)27(14-25-15)20-12-22(24-13-23-20)30-19-7-5-17(6-8-19)26-21(28)10-9-18-4-3-11-29-18/h3-14H,1-2H3,(H,26,28)/b10-9+. The molecule has 0 radical (unpaired) electrons. The van der Waals surface area contributed by atoms with E-state index in [9.17, 15) is 4.79 Å². The minimum atomic E-state index is -0.258. The number of imidazole rings is 1. The summed E-state index contributed by atoms with van der Waals surface area (Å²) in [5.74, 6) is 2.02. The largest absolute Gasteiger partial charge is 0.465 e. The molecule has 8 heteroatoms. The monoisotopic (exact) mass is 401 g/mol. The van der Waals surface area contributed by atoms with E-state index >= 15 is 0 Å². The Morgan fingerprint density at radius 1 is 1.13 bits per heavy atom. The van der Waals surface area contributed by atoms with Crippen LogP contribution in [0.1, 0.15) is 17.1 Å². The van der Waals surface area contributed by atoms with Crippen LogP contribution in [0.5, 0.6) is 11.6 Å². The minimum Gasteiger partial charge on any atom is -0.465 e. The third-order valence-corrected chi connectivity index (χ3v) is 4.41. The molecule has 30 heavy (non-hydrogen) atoms. The van der Waals surface area contributed by atoms with Crippen LogP contribution in [-0.4, -0.2) is 25.4 Å². The normalized spacial score (nSPS) is 11.0. The lowest BCUT2D eigenvalue weighted by atomic mass is 10.3. The van der Waals surface area contributed by atoms with Crippen molar-refractivity contribution in [1.29, 1.82) is 0 Å². The molecule has 0 spiro atoms. The van der Waals surface area contributed by atoms with Crippen molar-refractivity contribution in [3.63, 3.8) is 0 Å². The second kappa shape index (κ2) is 8.44. The number of furan rings is 1. The summed E-state index contributed by atoms with van der Waals surface area (Å²) in [5, 5.41) is 2.78. The van der Waals surface area contributed by atoms with E-state index in [1.807, 2.05) is 18.4 Å². The molecule has 150 valence electrons. The van der Waals surface area contributed by atoms with Crippen molar-refractivity contribution < 1.29 is 13.9 Å². The highest BCUT2D eigenvalue weighted by Crippen LogP contribution is 2.23. The van der Waals surface area contributed by atoms with Gasteiger partial charge in [-0.25, -0.2) is 15.0 Å². The number of nitrogens with zero attached hydrogens (tertiary/aromatic N) is 4. The highest BCUT2D eigenvalue weighted by molar-refractivity contribution is 6.01. The predicted molar refractivity (Wildman–Crippen MR) is 112 cm³/mol. The molecule has 1 N–H and O–H groups in total. The molecule has 3 aromatic heterocycles. The number of aromatic nitrogens is 4. The zero-order valence-corrected chi connectivity index (χ0v) is 16.4. The SMILES string of the molecule is Cc1ncn(-c2cc(Oc3ccc(NC(=O)/C=C/c4ccco4)cc3)ncn2)c1C. The number of hydrogen-bond donors (Lipinski definition) is 1. The van der Waals surface area contributed by atoms with E-state index in [0.717, 1.165) is 11.4 Å². The van der Waals surface area contributed by atoms with Gasteiger partial charge in [0.15, 0.2) is 0 Å². The molecule has 0 aliphatic carbocycles. The van der Waals surface area contributed by atoms with E-state index in [2.05, 4.69) is 20.3 Å². The van der Waals surface area contributed by atoms with Crippen molar-refractivity contribution in [2.45, 2.75) is 13.8 Å². The van der Waals surface area contributed by atoms with Crippen molar-refractivity contribution in [2.75, 3.05) is 5.32 Å². The number of amides is 1. The number of aryl methyl sites for hydroxylation is 1. The number of benzene rings is 1. The molecule has 0 atom stereocenters. The van der Waals surface area contributed by atoms with E-state index < -0.39 is 0 Å². The molecule has 0 aliphatic rings. The summed E-state index contributed by atoms with van der Waals surface area (Å²) in [6, 6.07) is 12.3. The second-order valence-electron chi connectivity index (χ2n) is 6.46. The number of carbonyl (C=O) groups is 1. The van der Waals surface area contributed by atoms with Crippen LogP contribution in [0.15, 0.2) is 71.9 Å². The third kappa shape index (κ3) is 4.44. The Morgan fingerprint density at radius 2 is 1.97 bits per heavy atom. The van der Waals surface area contributed by atoms with Crippen LogP contribution in [0.2, 0.25) is 0 Å². The molecule has 0 bridgehead atoms. The number of rotatable bonds is 6. The number of ether oxygens (including phenoxy) is 1. The van der Waals surface area contributed by atoms with Gasteiger partial charge in [-0.3, -0.25) is 9.36 Å². The first kappa shape index (κ1) is 19.1. The van der Waals surface area contributed by atoms with Gasteiger partial charge in [0.05, 0.1) is 12.0 Å². The summed E-state index contributed by atoms with van der Waals surface area (Å²) >= 11 is 0. The molecule has 0 aliphatic heterocycles. The van der Waals surface area contributed by atoms with Gasteiger partial charge in [0.2, 0.25) is 11.8 Å². The van der Waals surface area contributed by atoms with Gasteiger partial charge >= 0.3 is 0 Å². The van der Waals surface area contributed by atoms with Crippen LogP contribution in [0, 0.1) is 13.8 Å².